The molecule has 1 rings (SSSR count). The van der Waals surface area contributed by atoms with Gasteiger partial charge < -0.3 is 15.0 Å². The lowest BCUT2D eigenvalue weighted by atomic mass is 9.97. The fourth-order valence-electron chi connectivity index (χ4n) is 3.07. The first-order chi connectivity index (χ1) is 10.8. The lowest BCUT2D eigenvalue weighted by Crippen LogP contribution is -2.45. The molecule has 1 N–H and O–H groups in total. The normalized spacial score (nSPS) is 20.4. The van der Waals surface area contributed by atoms with Crippen LogP contribution in [0, 0.1) is 5.92 Å². The third kappa shape index (κ3) is 9.19. The molecule has 0 saturated carbocycles. The minimum Gasteiger partial charge on any atom is -0.444 e. The SMILES string of the molecule is CCCCCCC(C)NCC1CCCN(C(=O)OC(C)(C)C)C1. The zero-order valence-corrected chi connectivity index (χ0v) is 16.0. The molecule has 1 saturated heterocycles. The fraction of sp³-hybridized carbons (Fsp3) is 0.947. The van der Waals surface area contributed by atoms with E-state index in [0.717, 1.165) is 26.1 Å². The molecule has 1 heterocycles. The Morgan fingerprint density at radius 2 is 2.04 bits per heavy atom. The van der Waals surface area contributed by atoms with Crippen LogP contribution in [-0.2, 0) is 4.74 Å². The van der Waals surface area contributed by atoms with Crippen LogP contribution < -0.4 is 5.32 Å². The number of rotatable bonds is 8. The van der Waals surface area contributed by atoms with E-state index in [1.807, 2.05) is 25.7 Å². The van der Waals surface area contributed by atoms with Crippen molar-refractivity contribution in [1.82, 2.24) is 10.2 Å². The van der Waals surface area contributed by atoms with E-state index in [0.29, 0.717) is 12.0 Å². The number of hydrogen-bond acceptors (Lipinski definition) is 3. The van der Waals surface area contributed by atoms with Gasteiger partial charge in [-0.1, -0.05) is 32.6 Å². The Morgan fingerprint density at radius 3 is 2.70 bits per heavy atom. The smallest absolute Gasteiger partial charge is 0.410 e. The number of likely N-dealkylation sites (tertiary alicyclic amines) is 1. The Hall–Kier alpha value is -0.770. The van der Waals surface area contributed by atoms with Crippen LogP contribution in [0.25, 0.3) is 0 Å². The van der Waals surface area contributed by atoms with Crippen molar-refractivity contribution in [3.8, 4) is 0 Å². The highest BCUT2D eigenvalue weighted by Crippen LogP contribution is 2.19. The first-order valence-electron chi connectivity index (χ1n) is 9.53. The fourth-order valence-corrected chi connectivity index (χ4v) is 3.07. The molecule has 1 aliphatic heterocycles. The first kappa shape index (κ1) is 20.3. The molecular formula is C19H38N2O2. The summed E-state index contributed by atoms with van der Waals surface area (Å²) < 4.78 is 5.49. The second-order valence-electron chi connectivity index (χ2n) is 8.09. The van der Waals surface area contributed by atoms with Crippen molar-refractivity contribution < 1.29 is 9.53 Å². The van der Waals surface area contributed by atoms with Crippen molar-refractivity contribution in [3.63, 3.8) is 0 Å². The molecule has 2 atom stereocenters. The Balaban J connectivity index is 2.25. The van der Waals surface area contributed by atoms with E-state index in [-0.39, 0.29) is 6.09 Å². The molecule has 0 spiro atoms. The quantitative estimate of drug-likeness (QED) is 0.664. The van der Waals surface area contributed by atoms with E-state index in [2.05, 4.69) is 19.2 Å². The van der Waals surface area contributed by atoms with Gasteiger partial charge in [-0.15, -0.1) is 0 Å². The van der Waals surface area contributed by atoms with Gasteiger partial charge in [0.05, 0.1) is 0 Å². The third-order valence-electron chi connectivity index (χ3n) is 4.42. The Kier molecular flexibility index (Phi) is 8.96. The maximum absolute atomic E-state index is 12.2. The van der Waals surface area contributed by atoms with Gasteiger partial charge in [0.15, 0.2) is 0 Å². The lowest BCUT2D eigenvalue weighted by Gasteiger charge is -2.34. The van der Waals surface area contributed by atoms with E-state index in [9.17, 15) is 4.79 Å². The summed E-state index contributed by atoms with van der Waals surface area (Å²) in [5.74, 6) is 0.550. The molecule has 23 heavy (non-hydrogen) atoms. The zero-order valence-electron chi connectivity index (χ0n) is 16.0. The number of amides is 1. The average molecular weight is 327 g/mol. The van der Waals surface area contributed by atoms with Crippen LogP contribution in [0.4, 0.5) is 4.79 Å². The number of piperidine rings is 1. The van der Waals surface area contributed by atoms with Gasteiger partial charge in [0, 0.05) is 19.1 Å². The molecular weight excluding hydrogens is 288 g/mol. The van der Waals surface area contributed by atoms with Crippen LogP contribution in [0.1, 0.15) is 79.6 Å². The van der Waals surface area contributed by atoms with Gasteiger partial charge in [-0.05, 0) is 59.4 Å². The third-order valence-corrected chi connectivity index (χ3v) is 4.42. The average Bonchev–Trinajstić information content (AvgIpc) is 2.48. The van der Waals surface area contributed by atoms with E-state index < -0.39 is 5.60 Å². The number of carbonyl (C=O) groups excluding carboxylic acids is 1. The summed E-state index contributed by atoms with van der Waals surface area (Å²) in [7, 11) is 0. The molecule has 0 aromatic rings. The van der Waals surface area contributed by atoms with Gasteiger partial charge in [0.2, 0.25) is 0 Å². The summed E-state index contributed by atoms with van der Waals surface area (Å²) in [5.41, 5.74) is -0.407. The van der Waals surface area contributed by atoms with Gasteiger partial charge in [-0.3, -0.25) is 0 Å². The summed E-state index contributed by atoms with van der Waals surface area (Å²) in [6, 6.07) is 0.573. The molecule has 0 radical (unpaired) electrons. The Labute approximate surface area is 143 Å². The lowest BCUT2D eigenvalue weighted by molar-refractivity contribution is 0.0165. The van der Waals surface area contributed by atoms with Crippen molar-refractivity contribution in [3.05, 3.63) is 0 Å². The van der Waals surface area contributed by atoms with E-state index in [1.54, 1.807) is 0 Å². The monoisotopic (exact) mass is 326 g/mol. The maximum Gasteiger partial charge on any atom is 0.410 e. The van der Waals surface area contributed by atoms with Gasteiger partial charge in [0.1, 0.15) is 5.60 Å². The Bertz CT molecular complexity index is 339. The number of nitrogens with one attached hydrogen (secondary N) is 1. The molecule has 4 heteroatoms. The van der Waals surface area contributed by atoms with Crippen LogP contribution in [0.3, 0.4) is 0 Å². The highest BCUT2D eigenvalue weighted by Gasteiger charge is 2.27. The minimum absolute atomic E-state index is 0.158. The molecule has 4 nitrogen and oxygen atoms in total. The molecule has 0 aromatic carbocycles. The molecule has 1 aliphatic rings. The van der Waals surface area contributed by atoms with Crippen LogP contribution in [0.2, 0.25) is 0 Å². The predicted molar refractivity (Wildman–Crippen MR) is 96.8 cm³/mol. The summed E-state index contributed by atoms with van der Waals surface area (Å²) in [6.07, 6.45) is 8.68. The molecule has 0 aliphatic carbocycles. The largest absolute Gasteiger partial charge is 0.444 e. The van der Waals surface area contributed by atoms with Gasteiger partial charge in [-0.25, -0.2) is 4.79 Å². The molecule has 1 amide bonds. The van der Waals surface area contributed by atoms with Crippen molar-refractivity contribution in [2.24, 2.45) is 5.92 Å². The van der Waals surface area contributed by atoms with E-state index in [4.69, 9.17) is 4.74 Å². The topological polar surface area (TPSA) is 41.6 Å². The second-order valence-corrected chi connectivity index (χ2v) is 8.09. The van der Waals surface area contributed by atoms with Crippen molar-refractivity contribution >= 4 is 6.09 Å². The maximum atomic E-state index is 12.2. The zero-order chi connectivity index (χ0) is 17.3. The number of unbranched alkanes of at least 4 members (excludes halogenated alkanes) is 3. The molecule has 136 valence electrons. The highest BCUT2D eigenvalue weighted by atomic mass is 16.6. The predicted octanol–water partition coefficient (Wildman–Crippen LogP) is 4.58. The van der Waals surface area contributed by atoms with Gasteiger partial charge in [0.25, 0.3) is 0 Å². The number of carbonyl (C=O) groups is 1. The van der Waals surface area contributed by atoms with Gasteiger partial charge >= 0.3 is 6.09 Å². The van der Waals surface area contributed by atoms with Crippen molar-refractivity contribution in [1.29, 1.82) is 0 Å². The van der Waals surface area contributed by atoms with Crippen LogP contribution in [0.5, 0.6) is 0 Å². The van der Waals surface area contributed by atoms with Crippen LogP contribution in [-0.4, -0.2) is 42.3 Å². The van der Waals surface area contributed by atoms with E-state index >= 15 is 0 Å². The number of hydrogen-bond donors (Lipinski definition) is 1. The number of ether oxygens (including phenoxy) is 1. The van der Waals surface area contributed by atoms with Crippen molar-refractivity contribution in [2.75, 3.05) is 19.6 Å². The molecule has 0 aromatic heterocycles. The molecule has 0 bridgehead atoms. The highest BCUT2D eigenvalue weighted by molar-refractivity contribution is 5.68. The summed E-state index contributed by atoms with van der Waals surface area (Å²) in [6.45, 7) is 13.0. The first-order valence-corrected chi connectivity index (χ1v) is 9.53. The standard InChI is InChI=1S/C19H38N2O2/c1-6-7-8-9-11-16(2)20-14-17-12-10-13-21(15-17)18(22)23-19(3,4)5/h16-17,20H,6-15H2,1-5H3. The number of nitrogens with zero attached hydrogens (tertiary/aromatic N) is 1. The van der Waals surface area contributed by atoms with E-state index in [1.165, 1.54) is 38.5 Å². The van der Waals surface area contributed by atoms with Crippen molar-refractivity contribution in [2.45, 2.75) is 91.2 Å². The summed E-state index contributed by atoms with van der Waals surface area (Å²) in [5, 5.41) is 3.66. The Morgan fingerprint density at radius 1 is 1.30 bits per heavy atom. The summed E-state index contributed by atoms with van der Waals surface area (Å²) in [4.78, 5) is 14.1. The second kappa shape index (κ2) is 10.2. The summed E-state index contributed by atoms with van der Waals surface area (Å²) >= 11 is 0. The molecule has 1 fully saturated rings. The minimum atomic E-state index is -0.407. The van der Waals surface area contributed by atoms with Crippen LogP contribution in [0.15, 0.2) is 0 Å². The van der Waals surface area contributed by atoms with Gasteiger partial charge in [-0.2, -0.15) is 0 Å². The van der Waals surface area contributed by atoms with Crippen LogP contribution >= 0.6 is 0 Å². The molecule has 2 unspecified atom stereocenters.